The fraction of sp³-hybridized carbons (Fsp3) is 0.118. The van der Waals surface area contributed by atoms with Gasteiger partial charge in [0.15, 0.2) is 0 Å². The molecule has 4 nitrogen and oxygen atoms in total. The summed E-state index contributed by atoms with van der Waals surface area (Å²) >= 11 is 2.35. The van der Waals surface area contributed by atoms with Crippen LogP contribution < -0.4 is 5.32 Å². The summed E-state index contributed by atoms with van der Waals surface area (Å²) < 4.78 is 10.1. The van der Waals surface area contributed by atoms with Crippen molar-refractivity contribution in [2.24, 2.45) is 0 Å². The van der Waals surface area contributed by atoms with Gasteiger partial charge >= 0.3 is 0 Å². The lowest BCUT2D eigenvalue weighted by Gasteiger charge is -2.40. The Bertz CT molecular complexity index is 2190. The second kappa shape index (κ2) is 17.5. The van der Waals surface area contributed by atoms with Gasteiger partial charge in [0.1, 0.15) is 5.54 Å². The predicted molar refractivity (Wildman–Crippen MR) is 235 cm³/mol. The molecular formula is C51H44IN3O. The highest BCUT2D eigenvalue weighted by Crippen LogP contribution is 2.41. The monoisotopic (exact) mass is 841 g/mol. The van der Waals surface area contributed by atoms with E-state index in [1.165, 1.54) is 3.57 Å². The van der Waals surface area contributed by atoms with Crippen LogP contribution in [-0.4, -0.2) is 22.2 Å². The Kier molecular flexibility index (Phi) is 11.6. The summed E-state index contributed by atoms with van der Waals surface area (Å²) in [5, 5.41) is 4.23. The molecule has 7 aromatic carbocycles. The van der Waals surface area contributed by atoms with Gasteiger partial charge in [-0.25, -0.2) is 4.98 Å². The quantitative estimate of drug-likeness (QED) is 0.0826. The van der Waals surface area contributed by atoms with E-state index >= 15 is 0 Å². The van der Waals surface area contributed by atoms with E-state index in [-0.39, 0.29) is 6.04 Å². The lowest BCUT2D eigenvalue weighted by atomic mass is 9.76. The van der Waals surface area contributed by atoms with Gasteiger partial charge in [-0.05, 0) is 73.7 Å². The normalized spacial score (nSPS) is 12.3. The summed E-state index contributed by atoms with van der Waals surface area (Å²) in [5.74, 6) is 0. The Morgan fingerprint density at radius 1 is 0.518 bits per heavy atom. The molecule has 0 bridgehead atoms. The van der Waals surface area contributed by atoms with E-state index in [2.05, 4.69) is 245 Å². The highest BCUT2D eigenvalue weighted by atomic mass is 127. The predicted octanol–water partition coefficient (Wildman–Crippen LogP) is 11.0. The van der Waals surface area contributed by atoms with Crippen LogP contribution in [-0.2, 0) is 28.8 Å². The number of imidazole rings is 1. The summed E-state index contributed by atoms with van der Waals surface area (Å²) in [5.41, 5.74) is 7.73. The van der Waals surface area contributed by atoms with Crippen LogP contribution in [0, 0.1) is 3.57 Å². The number of aromatic nitrogens is 2. The van der Waals surface area contributed by atoms with Crippen LogP contribution in [0.5, 0.6) is 0 Å². The molecule has 276 valence electrons. The van der Waals surface area contributed by atoms with Gasteiger partial charge in [-0.2, -0.15) is 0 Å². The third-order valence-electron chi connectivity index (χ3n) is 10.6. The molecule has 0 spiro atoms. The summed E-state index contributed by atoms with van der Waals surface area (Å²) in [4.78, 5) is 5.19. The number of halogens is 1. The van der Waals surface area contributed by atoms with Gasteiger partial charge in [-0.1, -0.05) is 194 Å². The van der Waals surface area contributed by atoms with E-state index in [0.29, 0.717) is 19.6 Å². The van der Waals surface area contributed by atoms with Crippen LogP contribution in [0.25, 0.3) is 0 Å². The van der Waals surface area contributed by atoms with Crippen molar-refractivity contribution in [2.45, 2.75) is 30.1 Å². The lowest BCUT2D eigenvalue weighted by Crippen LogP contribution is -2.52. The van der Waals surface area contributed by atoms with Gasteiger partial charge in [-0.3, -0.25) is 5.32 Å². The molecule has 0 amide bonds. The third kappa shape index (κ3) is 7.76. The van der Waals surface area contributed by atoms with Crippen molar-refractivity contribution in [3.63, 3.8) is 0 Å². The molecule has 56 heavy (non-hydrogen) atoms. The molecule has 0 fully saturated rings. The number of nitrogens with one attached hydrogen (secondary N) is 1. The first-order chi connectivity index (χ1) is 27.7. The summed E-state index contributed by atoms with van der Waals surface area (Å²) in [7, 11) is 0. The van der Waals surface area contributed by atoms with Crippen LogP contribution >= 0.6 is 22.6 Å². The maximum atomic E-state index is 6.63. The average Bonchev–Trinajstić information content (AvgIpc) is 3.74. The minimum Gasteiger partial charge on any atom is -0.375 e. The topological polar surface area (TPSA) is 39.1 Å². The molecule has 0 aliphatic heterocycles. The Hall–Kier alpha value is -5.60. The lowest BCUT2D eigenvalue weighted by molar-refractivity contribution is 0.0920. The molecule has 8 aromatic rings. The molecule has 1 atom stereocenters. The van der Waals surface area contributed by atoms with Crippen molar-refractivity contribution in [1.29, 1.82) is 0 Å². The molecule has 0 saturated heterocycles. The molecule has 0 radical (unpaired) electrons. The minimum atomic E-state index is -0.675. The van der Waals surface area contributed by atoms with E-state index in [1.807, 2.05) is 6.33 Å². The van der Waals surface area contributed by atoms with Crippen molar-refractivity contribution in [2.75, 3.05) is 6.61 Å². The second-order valence-electron chi connectivity index (χ2n) is 14.1. The van der Waals surface area contributed by atoms with Crippen molar-refractivity contribution in [3.8, 4) is 0 Å². The van der Waals surface area contributed by atoms with Gasteiger partial charge in [0.25, 0.3) is 0 Å². The van der Waals surface area contributed by atoms with Gasteiger partial charge in [0.05, 0.1) is 30.8 Å². The van der Waals surface area contributed by atoms with Gasteiger partial charge in [-0.15, -0.1) is 0 Å². The molecule has 5 heteroatoms. The molecule has 0 saturated carbocycles. The van der Waals surface area contributed by atoms with Crippen LogP contribution in [0.1, 0.15) is 44.6 Å². The molecular weight excluding hydrogens is 797 g/mol. The molecule has 0 aliphatic rings. The van der Waals surface area contributed by atoms with Crippen LogP contribution in [0.2, 0.25) is 0 Å². The number of nitrogens with zero attached hydrogens (tertiary/aromatic N) is 2. The number of hydrogen-bond donors (Lipinski definition) is 1. The van der Waals surface area contributed by atoms with E-state index in [9.17, 15) is 0 Å². The molecule has 1 heterocycles. The maximum absolute atomic E-state index is 6.63. The SMILES string of the molecule is Ic1ccc(COC[C@@H](Cc2cn(C(c3ccccc3)(c3ccccc3)c3ccccc3)cn2)NC(c2ccccc2)(c2ccccc2)c2ccccc2)cc1. The summed E-state index contributed by atoms with van der Waals surface area (Å²) in [6, 6.07) is 73.0. The van der Waals surface area contributed by atoms with E-state index in [0.717, 1.165) is 44.6 Å². The average molecular weight is 842 g/mol. The van der Waals surface area contributed by atoms with E-state index in [1.54, 1.807) is 0 Å². The van der Waals surface area contributed by atoms with E-state index in [4.69, 9.17) is 9.72 Å². The number of benzene rings is 7. The smallest absolute Gasteiger partial charge is 0.121 e. The maximum Gasteiger partial charge on any atom is 0.121 e. The molecule has 1 N–H and O–H groups in total. The largest absolute Gasteiger partial charge is 0.375 e. The van der Waals surface area contributed by atoms with Crippen molar-refractivity contribution in [3.05, 3.63) is 267 Å². The molecule has 0 unspecified atom stereocenters. The first-order valence-corrected chi connectivity index (χ1v) is 20.2. The number of rotatable bonds is 15. The fourth-order valence-corrected chi connectivity index (χ4v) is 8.42. The standard InChI is InChI=1S/C51H44IN3O/c52-47-33-31-40(32-34-47)37-56-38-49(54-50(41-19-7-1-8-20-41,42-21-9-2-10-22-42)43-23-11-3-12-24-43)35-48-36-55(39-53-48)51(44-25-13-4-14-26-44,45-27-15-5-16-28-45)46-29-17-6-18-30-46/h1-34,36,39,49,54H,35,37-38H2/t49-/m1/s1. The Morgan fingerprint density at radius 3 is 1.32 bits per heavy atom. The highest BCUT2D eigenvalue weighted by Gasteiger charge is 2.40. The van der Waals surface area contributed by atoms with Crippen LogP contribution in [0.3, 0.4) is 0 Å². The molecule has 1 aromatic heterocycles. The minimum absolute atomic E-state index is 0.137. The Labute approximate surface area is 344 Å². The van der Waals surface area contributed by atoms with Gasteiger partial charge < -0.3 is 9.30 Å². The first-order valence-electron chi connectivity index (χ1n) is 19.1. The zero-order valence-electron chi connectivity index (χ0n) is 31.2. The molecule has 0 aliphatic carbocycles. The molecule has 8 rings (SSSR count). The Morgan fingerprint density at radius 2 is 0.911 bits per heavy atom. The van der Waals surface area contributed by atoms with Gasteiger partial charge in [0, 0.05) is 22.2 Å². The van der Waals surface area contributed by atoms with Gasteiger partial charge in [0.2, 0.25) is 0 Å². The van der Waals surface area contributed by atoms with E-state index < -0.39 is 11.1 Å². The third-order valence-corrected chi connectivity index (χ3v) is 11.3. The number of ether oxygens (including phenoxy) is 1. The fourth-order valence-electron chi connectivity index (χ4n) is 8.06. The zero-order valence-corrected chi connectivity index (χ0v) is 33.3. The number of hydrogen-bond acceptors (Lipinski definition) is 3. The first kappa shape index (κ1) is 37.3. The highest BCUT2D eigenvalue weighted by molar-refractivity contribution is 14.1. The van der Waals surface area contributed by atoms with Crippen LogP contribution in [0.4, 0.5) is 0 Å². The second-order valence-corrected chi connectivity index (χ2v) is 15.4. The van der Waals surface area contributed by atoms with Crippen molar-refractivity contribution < 1.29 is 4.74 Å². The zero-order chi connectivity index (χ0) is 38.0. The van der Waals surface area contributed by atoms with Crippen molar-refractivity contribution >= 4 is 22.6 Å². The summed E-state index contributed by atoms with van der Waals surface area (Å²) in [6.45, 7) is 0.978. The summed E-state index contributed by atoms with van der Waals surface area (Å²) in [6.07, 6.45) is 4.86. The van der Waals surface area contributed by atoms with Crippen LogP contribution in [0.15, 0.2) is 219 Å². The van der Waals surface area contributed by atoms with Crippen molar-refractivity contribution in [1.82, 2.24) is 14.9 Å². The Balaban J connectivity index is 1.24.